The van der Waals surface area contributed by atoms with Crippen LogP contribution in [0.2, 0.25) is 5.02 Å². The number of carbonyl (C=O) groups excluding carboxylic acids is 1. The maximum absolute atomic E-state index is 13.7. The van der Waals surface area contributed by atoms with Gasteiger partial charge in [0.15, 0.2) is 9.84 Å². The second-order valence-corrected chi connectivity index (χ2v) is 8.42. The average molecular weight is 393 g/mol. The molecule has 8 heteroatoms. The molecule has 0 aliphatic heterocycles. The van der Waals surface area contributed by atoms with E-state index in [1.807, 2.05) is 0 Å². The number of carbonyl (C=O) groups is 1. The lowest BCUT2D eigenvalue weighted by Crippen LogP contribution is -2.34. The summed E-state index contributed by atoms with van der Waals surface area (Å²) in [7, 11) is -4.13. The van der Waals surface area contributed by atoms with Crippen LogP contribution in [-0.2, 0) is 19.4 Å². The zero-order valence-electron chi connectivity index (χ0n) is 13.7. The SMILES string of the molecule is CCOC(=O)C1=CCCCC1S(=O)(=O)C(CF)c1ccc(F)cc1Cl. The number of hydrogen-bond acceptors (Lipinski definition) is 4. The summed E-state index contributed by atoms with van der Waals surface area (Å²) in [5.41, 5.74) is 0.0177. The number of esters is 1. The van der Waals surface area contributed by atoms with Gasteiger partial charge in [-0.2, -0.15) is 0 Å². The van der Waals surface area contributed by atoms with Gasteiger partial charge in [-0.05, 0) is 43.9 Å². The normalized spacial score (nSPS) is 19.2. The molecule has 138 valence electrons. The van der Waals surface area contributed by atoms with Crippen molar-refractivity contribution in [2.45, 2.75) is 36.7 Å². The minimum absolute atomic E-state index is 0.0145. The monoisotopic (exact) mass is 392 g/mol. The number of alkyl halides is 1. The smallest absolute Gasteiger partial charge is 0.335 e. The predicted molar refractivity (Wildman–Crippen MR) is 91.4 cm³/mol. The van der Waals surface area contributed by atoms with Crippen LogP contribution in [0.5, 0.6) is 0 Å². The molecule has 0 heterocycles. The van der Waals surface area contributed by atoms with Gasteiger partial charge in [-0.1, -0.05) is 23.7 Å². The molecule has 0 saturated carbocycles. The molecule has 25 heavy (non-hydrogen) atoms. The quantitative estimate of drug-likeness (QED) is 0.688. The Bertz CT molecular complexity index is 777. The lowest BCUT2D eigenvalue weighted by Gasteiger charge is -2.27. The minimum Gasteiger partial charge on any atom is -0.463 e. The van der Waals surface area contributed by atoms with Gasteiger partial charge in [0.1, 0.15) is 17.7 Å². The lowest BCUT2D eigenvalue weighted by molar-refractivity contribution is -0.138. The third kappa shape index (κ3) is 4.20. The summed E-state index contributed by atoms with van der Waals surface area (Å²) in [6.07, 6.45) is 2.84. The molecule has 2 atom stereocenters. The van der Waals surface area contributed by atoms with Crippen molar-refractivity contribution in [2.75, 3.05) is 13.3 Å². The third-order valence-electron chi connectivity index (χ3n) is 4.14. The van der Waals surface area contributed by atoms with Crippen LogP contribution < -0.4 is 0 Å². The fraction of sp³-hybridized carbons (Fsp3) is 0.471. The van der Waals surface area contributed by atoms with Gasteiger partial charge in [0.25, 0.3) is 0 Å². The van der Waals surface area contributed by atoms with Gasteiger partial charge in [-0.3, -0.25) is 0 Å². The topological polar surface area (TPSA) is 60.4 Å². The highest BCUT2D eigenvalue weighted by atomic mass is 35.5. The number of ether oxygens (including phenoxy) is 1. The van der Waals surface area contributed by atoms with Gasteiger partial charge in [0.05, 0.1) is 17.4 Å². The van der Waals surface area contributed by atoms with Crippen molar-refractivity contribution in [1.82, 2.24) is 0 Å². The zero-order valence-corrected chi connectivity index (χ0v) is 15.2. The molecule has 0 radical (unpaired) electrons. The standard InChI is InChI=1S/C17H19ClF2O4S/c1-2-24-17(21)13-5-3-4-6-15(13)25(22,23)16(10-19)12-8-7-11(20)9-14(12)18/h5,7-9,15-16H,2-4,6,10H2,1H3. The Morgan fingerprint density at radius 1 is 1.44 bits per heavy atom. The number of rotatable bonds is 6. The number of halogens is 3. The Labute approximate surface area is 150 Å². The van der Waals surface area contributed by atoms with Gasteiger partial charge >= 0.3 is 5.97 Å². The molecule has 0 aromatic heterocycles. The van der Waals surface area contributed by atoms with Crippen LogP contribution in [0.3, 0.4) is 0 Å². The maximum atomic E-state index is 13.7. The summed E-state index contributed by atoms with van der Waals surface area (Å²) in [4.78, 5) is 12.1. The third-order valence-corrected chi connectivity index (χ3v) is 6.92. The molecule has 1 aliphatic rings. The Morgan fingerprint density at radius 3 is 2.76 bits per heavy atom. The first-order valence-electron chi connectivity index (χ1n) is 7.93. The first-order valence-corrected chi connectivity index (χ1v) is 9.92. The van der Waals surface area contributed by atoms with Gasteiger partial charge in [-0.15, -0.1) is 0 Å². The van der Waals surface area contributed by atoms with E-state index in [1.165, 1.54) is 6.08 Å². The van der Waals surface area contributed by atoms with E-state index < -0.39 is 38.8 Å². The van der Waals surface area contributed by atoms with Crippen LogP contribution in [0.15, 0.2) is 29.8 Å². The zero-order chi connectivity index (χ0) is 18.6. The van der Waals surface area contributed by atoms with Crippen molar-refractivity contribution in [3.63, 3.8) is 0 Å². The number of allylic oxidation sites excluding steroid dienone is 1. The largest absolute Gasteiger partial charge is 0.463 e. The van der Waals surface area contributed by atoms with Crippen LogP contribution in [0.4, 0.5) is 8.78 Å². The summed E-state index contributed by atoms with van der Waals surface area (Å²) in [6, 6.07) is 3.14. The van der Waals surface area contributed by atoms with Crippen molar-refractivity contribution in [1.29, 1.82) is 0 Å². The van der Waals surface area contributed by atoms with Crippen molar-refractivity contribution in [2.24, 2.45) is 0 Å². The fourth-order valence-corrected chi connectivity index (χ4v) is 5.46. The first-order chi connectivity index (χ1) is 11.8. The second kappa shape index (κ2) is 8.27. The van der Waals surface area contributed by atoms with Crippen molar-refractivity contribution >= 4 is 27.4 Å². The van der Waals surface area contributed by atoms with E-state index in [9.17, 15) is 22.0 Å². The van der Waals surface area contributed by atoms with E-state index in [1.54, 1.807) is 6.92 Å². The number of hydrogen-bond donors (Lipinski definition) is 0. The van der Waals surface area contributed by atoms with Crippen molar-refractivity contribution < 1.29 is 26.7 Å². The predicted octanol–water partition coefficient (Wildman–Crippen LogP) is 3.95. The highest BCUT2D eigenvalue weighted by Crippen LogP contribution is 2.37. The highest BCUT2D eigenvalue weighted by molar-refractivity contribution is 7.92. The average Bonchev–Trinajstić information content (AvgIpc) is 2.57. The Kier molecular flexibility index (Phi) is 6.57. The molecule has 0 saturated heterocycles. The number of sulfone groups is 1. The Morgan fingerprint density at radius 2 is 2.16 bits per heavy atom. The van der Waals surface area contributed by atoms with E-state index in [0.717, 1.165) is 18.2 Å². The first kappa shape index (κ1) is 19.8. The van der Waals surface area contributed by atoms with Gasteiger partial charge in [0.2, 0.25) is 0 Å². The Hall–Kier alpha value is -1.47. The van der Waals surface area contributed by atoms with E-state index >= 15 is 0 Å². The van der Waals surface area contributed by atoms with Gasteiger partial charge in [0, 0.05) is 5.02 Å². The molecule has 0 bridgehead atoms. The molecular formula is C17H19ClF2O4S. The highest BCUT2D eigenvalue weighted by Gasteiger charge is 2.41. The van der Waals surface area contributed by atoms with Crippen LogP contribution in [0.1, 0.15) is 37.0 Å². The summed E-state index contributed by atoms with van der Waals surface area (Å²) < 4.78 is 57.9. The molecule has 0 N–H and O–H groups in total. The molecule has 1 aliphatic carbocycles. The van der Waals surface area contributed by atoms with E-state index in [4.69, 9.17) is 16.3 Å². The Balaban J connectivity index is 2.44. The molecule has 1 aromatic rings. The van der Waals surface area contributed by atoms with Crippen molar-refractivity contribution in [3.8, 4) is 0 Å². The maximum Gasteiger partial charge on any atom is 0.335 e. The molecule has 2 rings (SSSR count). The molecule has 0 spiro atoms. The summed E-state index contributed by atoms with van der Waals surface area (Å²) in [5.74, 6) is -1.35. The molecule has 1 aromatic carbocycles. The van der Waals surface area contributed by atoms with Crippen LogP contribution in [0.25, 0.3) is 0 Å². The van der Waals surface area contributed by atoms with E-state index in [-0.39, 0.29) is 29.2 Å². The van der Waals surface area contributed by atoms with Crippen LogP contribution >= 0.6 is 11.6 Å². The fourth-order valence-electron chi connectivity index (χ4n) is 2.93. The lowest BCUT2D eigenvalue weighted by atomic mass is 9.99. The molecule has 4 nitrogen and oxygen atoms in total. The summed E-state index contributed by atoms with van der Waals surface area (Å²) in [6.45, 7) is 0.507. The molecular weight excluding hydrogens is 374 g/mol. The molecule has 2 unspecified atom stereocenters. The van der Waals surface area contributed by atoms with Crippen molar-refractivity contribution in [3.05, 3.63) is 46.3 Å². The summed E-state index contributed by atoms with van der Waals surface area (Å²) in [5, 5.41) is -2.90. The molecule has 0 amide bonds. The summed E-state index contributed by atoms with van der Waals surface area (Å²) >= 11 is 5.92. The van der Waals surface area contributed by atoms with Gasteiger partial charge < -0.3 is 4.74 Å². The second-order valence-electron chi connectivity index (χ2n) is 5.70. The van der Waals surface area contributed by atoms with E-state index in [2.05, 4.69) is 0 Å². The minimum atomic E-state index is -4.13. The number of benzene rings is 1. The molecule has 0 fully saturated rings. The van der Waals surface area contributed by atoms with Crippen LogP contribution in [0, 0.1) is 5.82 Å². The van der Waals surface area contributed by atoms with Crippen LogP contribution in [-0.4, -0.2) is 32.9 Å². The van der Waals surface area contributed by atoms with E-state index in [0.29, 0.717) is 12.8 Å². The van der Waals surface area contributed by atoms with Gasteiger partial charge in [-0.25, -0.2) is 22.0 Å².